The summed E-state index contributed by atoms with van der Waals surface area (Å²) in [5.74, 6) is 0. The minimum atomic E-state index is -3.89. The molecule has 0 atom stereocenters. The van der Waals surface area contributed by atoms with Gasteiger partial charge in [0.1, 0.15) is 0 Å². The molecule has 40 heavy (non-hydrogen) atoms. The maximum atomic E-state index is 10.5. The Hall–Kier alpha value is -4.03. The van der Waals surface area contributed by atoms with Crippen LogP contribution in [0, 0.1) is 0 Å². The van der Waals surface area contributed by atoms with Crippen molar-refractivity contribution < 1.29 is 31.4 Å². The summed E-state index contributed by atoms with van der Waals surface area (Å²) in [6.07, 6.45) is 23.0. The van der Waals surface area contributed by atoms with Crippen LogP contribution >= 0.6 is 7.60 Å². The van der Waals surface area contributed by atoms with Crippen LogP contribution < -0.4 is 20.9 Å². The number of hydrogen-bond acceptors (Lipinski definition) is 1. The van der Waals surface area contributed by atoms with Crippen molar-refractivity contribution in [3.05, 3.63) is 151 Å². The van der Waals surface area contributed by atoms with Gasteiger partial charge in [-0.2, -0.15) is 24.8 Å². The van der Waals surface area contributed by atoms with Gasteiger partial charge in [0.25, 0.3) is 0 Å². The minimum Gasteiger partial charge on any atom is -0.665 e. The van der Waals surface area contributed by atoms with Crippen LogP contribution in [0.15, 0.2) is 104 Å². The topological polar surface area (TPSA) is 114 Å². The molecule has 2 N–H and O–H groups in total. The van der Waals surface area contributed by atoms with Crippen LogP contribution in [-0.2, 0) is 27.8 Å². The zero-order valence-corrected chi connectivity index (χ0v) is 23.0. The molecule has 0 saturated heterocycles. The monoisotopic (exact) mass is 595 g/mol. The molecule has 0 fully saturated rings. The summed E-state index contributed by atoms with van der Waals surface area (Å²) in [5.41, 5.74) is 4.58. The summed E-state index contributed by atoms with van der Waals surface area (Å²) in [4.78, 5) is 17.2. The van der Waals surface area contributed by atoms with Gasteiger partial charge in [0.05, 0.1) is 6.16 Å². The molecule has 0 unspecified atom stereocenters. The maximum absolute atomic E-state index is 10.5. The summed E-state index contributed by atoms with van der Waals surface area (Å²) in [6, 6.07) is 17.0. The third-order valence-electron chi connectivity index (χ3n) is 5.92. The van der Waals surface area contributed by atoms with E-state index in [4.69, 9.17) is 9.79 Å². The average Bonchev–Trinajstić information content (AvgIpc) is 2.97. The summed E-state index contributed by atoms with van der Waals surface area (Å²) < 4.78 is 10.5. The van der Waals surface area contributed by atoms with E-state index in [1.54, 1.807) is 49.1 Å². The number of hydrogen-bond donors (Lipinski definition) is 2. The van der Waals surface area contributed by atoms with Crippen molar-refractivity contribution in [3.63, 3.8) is 0 Å². The molecular formula is C31H25CuN4O3P-3. The van der Waals surface area contributed by atoms with Gasteiger partial charge < -0.3 is 31.1 Å². The van der Waals surface area contributed by atoms with Gasteiger partial charge in [0, 0.05) is 0 Å². The van der Waals surface area contributed by atoms with Gasteiger partial charge in [0.15, 0.2) is 0 Å². The molecule has 4 aliphatic rings. The molecule has 0 spiro atoms. The zero-order valence-electron chi connectivity index (χ0n) is 21.2. The van der Waals surface area contributed by atoms with E-state index in [0.29, 0.717) is 5.56 Å². The van der Waals surface area contributed by atoms with Crippen molar-refractivity contribution in [2.75, 3.05) is 0 Å². The molecule has 0 aliphatic carbocycles. The Labute approximate surface area is 243 Å². The van der Waals surface area contributed by atoms with E-state index < -0.39 is 7.60 Å². The number of rotatable bonds is 2. The molecule has 0 amide bonds. The van der Waals surface area contributed by atoms with Crippen molar-refractivity contribution in [1.29, 1.82) is 0 Å². The standard InChI is InChI=1S/2C12H8N2.C7H9O3P.Cu/c2*1-3-9-5-6-10-4-2-8-14-12(10)11(9)13-7-1;8-11(9,10)6-7-4-2-1-3-5-7;/h2*1-8H;1-5H,6H2,(H2,8,9,10);/q2*-2;;+1. The summed E-state index contributed by atoms with van der Waals surface area (Å²) >= 11 is 0. The maximum Gasteiger partial charge on any atom is 1.00 e. The van der Waals surface area contributed by atoms with Crippen molar-refractivity contribution in [1.82, 2.24) is 0 Å². The van der Waals surface area contributed by atoms with E-state index in [1.165, 1.54) is 0 Å². The molecule has 7 rings (SSSR count). The second-order valence-electron chi connectivity index (χ2n) is 8.74. The van der Waals surface area contributed by atoms with Crippen molar-refractivity contribution in [2.24, 2.45) is 0 Å². The smallest absolute Gasteiger partial charge is 0.665 e. The Kier molecular flexibility index (Phi) is 9.67. The fourth-order valence-corrected chi connectivity index (χ4v) is 4.87. The molecule has 4 aliphatic heterocycles. The number of fused-ring (bicyclic) bond motifs is 6. The number of benzene rings is 3. The largest absolute Gasteiger partial charge is 1.00 e. The van der Waals surface area contributed by atoms with E-state index in [9.17, 15) is 4.57 Å². The molecule has 0 aromatic heterocycles. The van der Waals surface area contributed by atoms with Crippen LogP contribution in [0.5, 0.6) is 0 Å². The molecule has 0 saturated carbocycles. The molecule has 4 heterocycles. The van der Waals surface area contributed by atoms with Gasteiger partial charge in [-0.25, -0.2) is 0 Å². The van der Waals surface area contributed by atoms with E-state index in [1.807, 2.05) is 30.4 Å². The normalized spacial score (nSPS) is 13.9. The van der Waals surface area contributed by atoms with Crippen molar-refractivity contribution in [2.45, 2.75) is 6.16 Å². The Morgan fingerprint density at radius 2 is 0.850 bits per heavy atom. The fraction of sp³-hybridized carbons (Fsp3) is 0.0323. The molecular weight excluding hydrogens is 571 g/mol. The molecule has 206 valence electrons. The molecule has 7 nitrogen and oxygen atoms in total. The predicted octanol–water partition coefficient (Wildman–Crippen LogP) is 5.99. The average molecular weight is 596 g/mol. The Morgan fingerprint density at radius 1 is 0.525 bits per heavy atom. The molecule has 3 aromatic rings. The third kappa shape index (κ3) is 7.33. The Bertz CT molecular complexity index is 1590. The number of allylic oxidation sites excluding steroid dienone is 4. The first-order chi connectivity index (χ1) is 19.0. The van der Waals surface area contributed by atoms with Gasteiger partial charge in [-0.1, -0.05) is 103 Å². The molecule has 9 heteroatoms. The Balaban J connectivity index is 0.000000138. The zero-order chi connectivity index (χ0) is 27.1. The van der Waals surface area contributed by atoms with Crippen LogP contribution in [0.3, 0.4) is 0 Å². The van der Waals surface area contributed by atoms with E-state index in [2.05, 4.69) is 69.8 Å². The fourth-order valence-electron chi connectivity index (χ4n) is 4.18. The van der Waals surface area contributed by atoms with Gasteiger partial charge in [-0.15, -0.1) is 22.7 Å². The van der Waals surface area contributed by atoms with Crippen molar-refractivity contribution >= 4 is 54.6 Å². The summed E-state index contributed by atoms with van der Waals surface area (Å²) in [6.45, 7) is 0. The predicted molar refractivity (Wildman–Crippen MR) is 160 cm³/mol. The first-order valence-electron chi connectivity index (χ1n) is 12.2. The second-order valence-corrected chi connectivity index (χ2v) is 10.4. The van der Waals surface area contributed by atoms with Gasteiger partial charge in [0.2, 0.25) is 0 Å². The van der Waals surface area contributed by atoms with Gasteiger partial charge >= 0.3 is 24.7 Å². The van der Waals surface area contributed by atoms with Crippen LogP contribution in [-0.4, -0.2) is 9.79 Å². The van der Waals surface area contributed by atoms with Crippen molar-refractivity contribution in [3.8, 4) is 0 Å². The third-order valence-corrected chi connectivity index (χ3v) is 6.70. The van der Waals surface area contributed by atoms with Crippen LogP contribution in [0.4, 0.5) is 22.7 Å². The van der Waals surface area contributed by atoms with Crippen LogP contribution in [0.1, 0.15) is 5.56 Å². The summed E-state index contributed by atoms with van der Waals surface area (Å²) in [5, 5.41) is 21.9. The summed E-state index contributed by atoms with van der Waals surface area (Å²) in [7, 11) is -3.89. The molecule has 3 aromatic carbocycles. The van der Waals surface area contributed by atoms with E-state index in [-0.39, 0.29) is 23.2 Å². The van der Waals surface area contributed by atoms with Gasteiger partial charge in [-0.3, -0.25) is 4.57 Å². The minimum absolute atomic E-state index is 0. The first-order valence-corrected chi connectivity index (χ1v) is 14.0. The van der Waals surface area contributed by atoms with Crippen LogP contribution in [0.2, 0.25) is 0 Å². The quantitative estimate of drug-likeness (QED) is 0.280. The molecule has 0 radical (unpaired) electrons. The van der Waals surface area contributed by atoms with Crippen LogP contribution in [0.25, 0.3) is 45.6 Å². The molecule has 0 bridgehead atoms. The second kappa shape index (κ2) is 13.4. The van der Waals surface area contributed by atoms with E-state index in [0.717, 1.165) is 43.6 Å². The van der Waals surface area contributed by atoms with Gasteiger partial charge in [-0.05, 0) is 26.4 Å². The first kappa shape index (κ1) is 29.0. The number of nitrogens with zero attached hydrogens (tertiary/aromatic N) is 4. The SMILES string of the molecule is C1=C[N-]c2c3c(ccc2=C1)=CC=C[N-]3.C1=C[N-]c2c3c(ccc2=C1)=CC=C[N-]3.O=P(O)(O)Cc1ccccc1.[Cu+]. The van der Waals surface area contributed by atoms with E-state index >= 15 is 0 Å². The Morgan fingerprint density at radius 3 is 1.15 bits per heavy atom.